The number of carbonyl (C=O) groups excluding carboxylic acids is 1. The molecule has 208 valence electrons. The van der Waals surface area contributed by atoms with Gasteiger partial charge in [0.1, 0.15) is 0 Å². The number of hydrogen-bond donors (Lipinski definition) is 3. The van der Waals surface area contributed by atoms with Gasteiger partial charge in [-0.25, -0.2) is 4.79 Å². The quantitative estimate of drug-likeness (QED) is 0.148. The topological polar surface area (TPSA) is 113 Å². The fraction of sp³-hybridized carbons (Fsp3) is 0.188. The van der Waals surface area contributed by atoms with Gasteiger partial charge in [-0.15, -0.1) is 0 Å². The number of nitrogens with one attached hydrogen (secondary N) is 2. The molecule has 5 rings (SSSR count). The molecular weight excluding hydrogens is 540 g/mol. The lowest BCUT2D eigenvalue weighted by atomic mass is 10.0. The van der Waals surface area contributed by atoms with Crippen molar-refractivity contribution in [2.24, 2.45) is 0 Å². The van der Waals surface area contributed by atoms with Crippen LogP contribution in [0.25, 0.3) is 32.8 Å². The molecule has 0 atom stereocenters. The predicted octanol–water partition coefficient (Wildman–Crippen LogP) is 5.25. The Balaban J connectivity index is 1.13. The molecule has 0 aliphatic heterocycles. The molecule has 2 heterocycles. The van der Waals surface area contributed by atoms with Crippen LogP contribution in [0.5, 0.6) is 0 Å². The highest BCUT2D eigenvalue weighted by Gasteiger charge is 2.13. The summed E-state index contributed by atoms with van der Waals surface area (Å²) in [4.78, 5) is 41.3. The van der Waals surface area contributed by atoms with E-state index in [-0.39, 0.29) is 17.0 Å². The van der Waals surface area contributed by atoms with Gasteiger partial charge in [0, 0.05) is 66.4 Å². The summed E-state index contributed by atoms with van der Waals surface area (Å²) < 4.78 is 1.58. The molecule has 41 heavy (non-hydrogen) atoms. The Bertz CT molecular complexity index is 1790. The number of aryl methyl sites for hydroxylation is 1. The highest BCUT2D eigenvalue weighted by Crippen LogP contribution is 2.28. The lowest BCUT2D eigenvalue weighted by Gasteiger charge is -2.14. The fourth-order valence-corrected chi connectivity index (χ4v) is 5.21. The number of benzene rings is 3. The maximum absolute atomic E-state index is 13.2. The molecule has 0 saturated heterocycles. The normalized spacial score (nSPS) is 11.1. The van der Waals surface area contributed by atoms with Crippen molar-refractivity contribution in [3.8, 4) is 11.1 Å². The second-order valence-corrected chi connectivity index (χ2v) is 10.1. The molecule has 0 fully saturated rings. The van der Waals surface area contributed by atoms with Crippen molar-refractivity contribution >= 4 is 45.2 Å². The molecule has 0 unspecified atom stereocenters. The number of pyridine rings is 2. The summed E-state index contributed by atoms with van der Waals surface area (Å²) in [6.45, 7) is 1.81. The van der Waals surface area contributed by atoms with Crippen LogP contribution in [0.4, 0.5) is 0 Å². The maximum Gasteiger partial charge on any atom is 0.335 e. The number of carboxylic acids is 1. The molecule has 0 saturated carbocycles. The van der Waals surface area contributed by atoms with E-state index in [0.717, 1.165) is 22.1 Å². The monoisotopic (exact) mass is 568 g/mol. The van der Waals surface area contributed by atoms with Crippen molar-refractivity contribution in [3.05, 3.63) is 112 Å². The van der Waals surface area contributed by atoms with Gasteiger partial charge in [0.25, 0.3) is 5.56 Å². The van der Waals surface area contributed by atoms with Crippen molar-refractivity contribution in [1.82, 2.24) is 20.2 Å². The highest BCUT2D eigenvalue weighted by molar-refractivity contribution is 6.33. The first kappa shape index (κ1) is 28.0. The molecule has 9 heteroatoms. The molecule has 0 radical (unpaired) electrons. The molecule has 3 N–H and O–H groups in total. The van der Waals surface area contributed by atoms with E-state index in [1.165, 1.54) is 12.1 Å². The van der Waals surface area contributed by atoms with E-state index in [4.69, 9.17) is 11.6 Å². The molecule has 1 amide bonds. The minimum absolute atomic E-state index is 0.0927. The maximum atomic E-state index is 13.2. The molecule has 0 aliphatic carbocycles. The number of aromatic nitrogens is 2. The molecule has 5 aromatic rings. The number of aromatic carboxylic acids is 1. The van der Waals surface area contributed by atoms with Gasteiger partial charge in [0.05, 0.1) is 16.5 Å². The Hall–Kier alpha value is -4.53. The average molecular weight is 569 g/mol. The molecular formula is C32H29ClN4O4. The second kappa shape index (κ2) is 12.8. The van der Waals surface area contributed by atoms with E-state index in [1.54, 1.807) is 29.1 Å². The molecule has 2 aromatic heterocycles. The van der Waals surface area contributed by atoms with Gasteiger partial charge >= 0.3 is 5.97 Å². The molecule has 3 aromatic carbocycles. The third-order valence-corrected chi connectivity index (χ3v) is 7.29. The van der Waals surface area contributed by atoms with Gasteiger partial charge in [-0.1, -0.05) is 60.1 Å². The summed E-state index contributed by atoms with van der Waals surface area (Å²) in [7, 11) is 0. The van der Waals surface area contributed by atoms with E-state index < -0.39 is 5.97 Å². The minimum atomic E-state index is -1.06. The number of halogens is 1. The highest BCUT2D eigenvalue weighted by atomic mass is 35.5. The first-order chi connectivity index (χ1) is 19.9. The van der Waals surface area contributed by atoms with Crippen LogP contribution in [-0.4, -0.2) is 39.6 Å². The summed E-state index contributed by atoms with van der Waals surface area (Å²) >= 11 is 6.49. The Labute approximate surface area is 241 Å². The predicted molar refractivity (Wildman–Crippen MR) is 161 cm³/mol. The van der Waals surface area contributed by atoms with Crippen LogP contribution < -0.4 is 16.2 Å². The first-order valence-corrected chi connectivity index (χ1v) is 13.7. The zero-order chi connectivity index (χ0) is 28.8. The SMILES string of the molecule is O=C(CCNCc1ccc(-c2ccccc2)c(Cl)c1)NCCCn1c(=O)c2ccncc2c2ccc(C(=O)O)cc21. The summed E-state index contributed by atoms with van der Waals surface area (Å²) in [5.74, 6) is -1.16. The summed E-state index contributed by atoms with van der Waals surface area (Å²) in [6.07, 6.45) is 4.00. The van der Waals surface area contributed by atoms with E-state index in [1.807, 2.05) is 48.5 Å². The number of amides is 1. The average Bonchev–Trinajstić information content (AvgIpc) is 2.99. The van der Waals surface area contributed by atoms with Crippen molar-refractivity contribution in [2.45, 2.75) is 25.9 Å². The van der Waals surface area contributed by atoms with Crippen molar-refractivity contribution in [3.63, 3.8) is 0 Å². The van der Waals surface area contributed by atoms with Crippen molar-refractivity contribution < 1.29 is 14.7 Å². The number of carboxylic acid groups (broad SMARTS) is 1. The van der Waals surface area contributed by atoms with Crippen LogP contribution in [0.2, 0.25) is 5.02 Å². The number of rotatable bonds is 11. The van der Waals surface area contributed by atoms with Gasteiger partial charge in [-0.05, 0) is 41.8 Å². The van der Waals surface area contributed by atoms with Gasteiger partial charge in [-0.3, -0.25) is 14.6 Å². The molecule has 0 spiro atoms. The van der Waals surface area contributed by atoms with E-state index in [9.17, 15) is 19.5 Å². The Morgan fingerprint density at radius 3 is 2.54 bits per heavy atom. The zero-order valence-electron chi connectivity index (χ0n) is 22.3. The number of fused-ring (bicyclic) bond motifs is 3. The summed E-state index contributed by atoms with van der Waals surface area (Å²) in [5.41, 5.74) is 3.49. The minimum Gasteiger partial charge on any atom is -0.478 e. The van der Waals surface area contributed by atoms with Crippen LogP contribution in [0.3, 0.4) is 0 Å². The Kier molecular flexibility index (Phi) is 8.72. The van der Waals surface area contributed by atoms with Crippen molar-refractivity contribution in [1.29, 1.82) is 0 Å². The Morgan fingerprint density at radius 1 is 0.927 bits per heavy atom. The summed E-state index contributed by atoms with van der Waals surface area (Å²) in [6, 6.07) is 22.3. The lowest BCUT2D eigenvalue weighted by molar-refractivity contribution is -0.121. The lowest BCUT2D eigenvalue weighted by Crippen LogP contribution is -2.30. The van der Waals surface area contributed by atoms with Gasteiger partial charge in [0.2, 0.25) is 5.91 Å². The van der Waals surface area contributed by atoms with Gasteiger partial charge in [0.15, 0.2) is 0 Å². The number of carbonyl (C=O) groups is 2. The smallest absolute Gasteiger partial charge is 0.335 e. The van der Waals surface area contributed by atoms with Gasteiger partial charge in [-0.2, -0.15) is 0 Å². The van der Waals surface area contributed by atoms with E-state index >= 15 is 0 Å². The van der Waals surface area contributed by atoms with Crippen LogP contribution >= 0.6 is 11.6 Å². The Morgan fingerprint density at radius 2 is 1.76 bits per heavy atom. The molecule has 0 bridgehead atoms. The largest absolute Gasteiger partial charge is 0.478 e. The zero-order valence-corrected chi connectivity index (χ0v) is 23.0. The van der Waals surface area contributed by atoms with Crippen LogP contribution in [0.15, 0.2) is 90.0 Å². The second-order valence-electron chi connectivity index (χ2n) is 9.73. The third-order valence-electron chi connectivity index (χ3n) is 6.98. The van der Waals surface area contributed by atoms with E-state index in [0.29, 0.717) is 60.3 Å². The number of hydrogen-bond acceptors (Lipinski definition) is 5. The van der Waals surface area contributed by atoms with Crippen LogP contribution in [0.1, 0.15) is 28.8 Å². The molecule has 8 nitrogen and oxygen atoms in total. The third kappa shape index (κ3) is 6.45. The van der Waals surface area contributed by atoms with Crippen LogP contribution in [-0.2, 0) is 17.9 Å². The molecule has 0 aliphatic rings. The fourth-order valence-electron chi connectivity index (χ4n) is 4.90. The van der Waals surface area contributed by atoms with Crippen LogP contribution in [0, 0.1) is 0 Å². The standard InChI is InChI=1S/C32H29ClN4O4/c33-28-17-21(7-9-24(28)22-5-2-1-3-6-22)19-34-15-12-30(38)36-13-4-16-37-29-18-23(32(40)41)8-10-25(29)27-20-35-14-11-26(27)31(37)39/h1-3,5-11,14,17-18,20,34H,4,12-13,15-16,19H2,(H,36,38)(H,40,41). The first-order valence-electron chi connectivity index (χ1n) is 13.4. The number of nitrogens with zero attached hydrogens (tertiary/aromatic N) is 2. The van der Waals surface area contributed by atoms with E-state index in [2.05, 4.69) is 15.6 Å². The van der Waals surface area contributed by atoms with Gasteiger partial charge < -0.3 is 20.3 Å². The summed E-state index contributed by atoms with van der Waals surface area (Å²) in [5, 5.41) is 18.3. The van der Waals surface area contributed by atoms with Crippen molar-refractivity contribution in [2.75, 3.05) is 13.1 Å².